The van der Waals surface area contributed by atoms with E-state index in [0.717, 1.165) is 12.2 Å². The Morgan fingerprint density at radius 1 is 1.16 bits per heavy atom. The Balaban J connectivity index is 1.69. The number of benzene rings is 1. The maximum absolute atomic E-state index is 4.45. The molecule has 0 aliphatic carbocycles. The highest BCUT2D eigenvalue weighted by Crippen LogP contribution is 2.39. The molecule has 2 unspecified atom stereocenters. The fourth-order valence-electron chi connectivity index (χ4n) is 2.33. The van der Waals surface area contributed by atoms with Gasteiger partial charge >= 0.3 is 0 Å². The van der Waals surface area contributed by atoms with Crippen LogP contribution in [0.5, 0.6) is 0 Å². The molecule has 0 bridgehead atoms. The van der Waals surface area contributed by atoms with Crippen LogP contribution < -0.4 is 0 Å². The minimum absolute atomic E-state index is 0.232. The van der Waals surface area contributed by atoms with Gasteiger partial charge in [0.1, 0.15) is 6.04 Å². The van der Waals surface area contributed by atoms with Gasteiger partial charge in [-0.15, -0.1) is 11.3 Å². The van der Waals surface area contributed by atoms with E-state index in [2.05, 4.69) is 58.3 Å². The molecule has 0 spiro atoms. The average Bonchev–Trinajstić information content (AvgIpc) is 3.11. The maximum Gasteiger partial charge on any atom is 0.107 e. The molecule has 1 aromatic carbocycles. The second-order valence-corrected chi connectivity index (χ2v) is 6.53. The molecule has 0 saturated carbocycles. The minimum atomic E-state index is 0.232. The average molecular weight is 288 g/mol. The van der Waals surface area contributed by atoms with Crippen LogP contribution in [0.25, 0.3) is 0 Å². The van der Waals surface area contributed by atoms with Crippen molar-refractivity contribution in [2.24, 2.45) is 10.2 Å². The summed E-state index contributed by atoms with van der Waals surface area (Å²) in [5.74, 6) is 1.07. The molecule has 0 N–H and O–H groups in total. The first kappa shape index (κ1) is 12.9. The Morgan fingerprint density at radius 3 is 2.63 bits per heavy atom. The third kappa shape index (κ3) is 2.90. The third-order valence-electron chi connectivity index (χ3n) is 3.34. The Kier molecular flexibility index (Phi) is 3.99. The summed E-state index contributed by atoms with van der Waals surface area (Å²) in [6.07, 6.45) is 3.13. The summed E-state index contributed by atoms with van der Waals surface area (Å²) < 4.78 is 0. The van der Waals surface area contributed by atoms with Gasteiger partial charge in [-0.3, -0.25) is 0 Å². The van der Waals surface area contributed by atoms with Crippen molar-refractivity contribution in [3.8, 4) is 0 Å². The summed E-state index contributed by atoms with van der Waals surface area (Å²) in [4.78, 5) is 1.32. The normalized spacial score (nSPS) is 21.9. The smallest absolute Gasteiger partial charge is 0.107 e. The van der Waals surface area contributed by atoms with E-state index in [4.69, 9.17) is 0 Å². The van der Waals surface area contributed by atoms with Gasteiger partial charge in [-0.1, -0.05) is 30.3 Å². The molecule has 1 aliphatic rings. The minimum Gasteiger partial charge on any atom is -0.185 e. The number of hydrogen-bond acceptors (Lipinski definition) is 4. The molecule has 3 rings (SSSR count). The zero-order valence-electron chi connectivity index (χ0n) is 10.8. The predicted octanol–water partition coefficient (Wildman–Crippen LogP) is 5.25. The Hall–Kier alpha value is -1.13. The number of thioether (sulfide) groups is 1. The molecular weight excluding hydrogens is 272 g/mol. The SMILES string of the molecule is CSCc1ccc(C2CC(c3cccs3)N=N2)cc1. The Labute approximate surface area is 122 Å². The van der Waals surface area contributed by atoms with Crippen LogP contribution in [0.1, 0.15) is 34.5 Å². The van der Waals surface area contributed by atoms with Crippen molar-refractivity contribution in [2.45, 2.75) is 24.3 Å². The van der Waals surface area contributed by atoms with Gasteiger partial charge in [0.2, 0.25) is 0 Å². The van der Waals surface area contributed by atoms with Crippen LogP contribution in [0.4, 0.5) is 0 Å². The zero-order chi connectivity index (χ0) is 13.1. The van der Waals surface area contributed by atoms with Crippen LogP contribution in [0.15, 0.2) is 52.0 Å². The molecule has 0 amide bonds. The van der Waals surface area contributed by atoms with E-state index in [9.17, 15) is 0 Å². The molecule has 2 aromatic rings. The van der Waals surface area contributed by atoms with Gasteiger partial charge < -0.3 is 0 Å². The van der Waals surface area contributed by atoms with Crippen molar-refractivity contribution in [2.75, 3.05) is 6.26 Å². The molecule has 0 saturated heterocycles. The standard InChI is InChI=1S/C15H16N2S2/c1-18-10-11-4-6-12(7-5-11)13-9-14(17-16-13)15-3-2-8-19-15/h2-8,13-14H,9-10H2,1H3. The zero-order valence-corrected chi connectivity index (χ0v) is 12.5. The highest BCUT2D eigenvalue weighted by molar-refractivity contribution is 7.97. The van der Waals surface area contributed by atoms with Crippen LogP contribution in [0.3, 0.4) is 0 Å². The number of hydrogen-bond donors (Lipinski definition) is 0. The van der Waals surface area contributed by atoms with E-state index >= 15 is 0 Å². The lowest BCUT2D eigenvalue weighted by Crippen LogP contribution is -1.95. The van der Waals surface area contributed by atoms with Crippen molar-refractivity contribution in [1.82, 2.24) is 0 Å². The van der Waals surface area contributed by atoms with Crippen LogP contribution in [-0.2, 0) is 5.75 Å². The van der Waals surface area contributed by atoms with Gasteiger partial charge in [0.05, 0.1) is 6.04 Å². The highest BCUT2D eigenvalue weighted by atomic mass is 32.2. The van der Waals surface area contributed by atoms with Crippen LogP contribution in [0, 0.1) is 0 Å². The number of azo groups is 1. The van der Waals surface area contributed by atoms with Gasteiger partial charge in [-0.05, 0) is 28.8 Å². The largest absolute Gasteiger partial charge is 0.185 e. The summed E-state index contributed by atoms with van der Waals surface area (Å²) >= 11 is 3.62. The molecule has 4 heteroatoms. The van der Waals surface area contributed by atoms with Gasteiger partial charge in [-0.25, -0.2) is 0 Å². The van der Waals surface area contributed by atoms with Crippen molar-refractivity contribution in [3.05, 3.63) is 57.8 Å². The van der Waals surface area contributed by atoms with Crippen molar-refractivity contribution in [3.63, 3.8) is 0 Å². The lowest BCUT2D eigenvalue weighted by Gasteiger charge is -2.08. The van der Waals surface area contributed by atoms with E-state index in [1.807, 2.05) is 11.8 Å². The Morgan fingerprint density at radius 2 is 1.95 bits per heavy atom. The first-order valence-electron chi connectivity index (χ1n) is 6.38. The fraction of sp³-hybridized carbons (Fsp3) is 0.333. The van der Waals surface area contributed by atoms with Crippen LogP contribution in [0.2, 0.25) is 0 Å². The molecule has 1 aromatic heterocycles. The lowest BCUT2D eigenvalue weighted by atomic mass is 10.00. The summed E-state index contributed by atoms with van der Waals surface area (Å²) in [5, 5.41) is 11.0. The first-order valence-corrected chi connectivity index (χ1v) is 8.65. The summed E-state index contributed by atoms with van der Waals surface area (Å²) in [7, 11) is 0. The molecule has 19 heavy (non-hydrogen) atoms. The molecule has 2 nitrogen and oxygen atoms in total. The van der Waals surface area contributed by atoms with E-state index < -0.39 is 0 Å². The van der Waals surface area contributed by atoms with Crippen LogP contribution >= 0.6 is 23.1 Å². The van der Waals surface area contributed by atoms with E-state index in [1.54, 1.807) is 11.3 Å². The summed E-state index contributed by atoms with van der Waals surface area (Å²) in [5.41, 5.74) is 2.66. The molecule has 2 atom stereocenters. The van der Waals surface area contributed by atoms with Gasteiger partial charge in [-0.2, -0.15) is 22.0 Å². The topological polar surface area (TPSA) is 24.7 Å². The molecule has 98 valence electrons. The quantitative estimate of drug-likeness (QED) is 0.754. The van der Waals surface area contributed by atoms with Crippen LogP contribution in [-0.4, -0.2) is 6.26 Å². The maximum atomic E-state index is 4.45. The van der Waals surface area contributed by atoms with E-state index in [1.165, 1.54) is 16.0 Å². The second-order valence-electron chi connectivity index (χ2n) is 4.69. The van der Waals surface area contributed by atoms with E-state index in [-0.39, 0.29) is 12.1 Å². The van der Waals surface area contributed by atoms with Gasteiger partial charge in [0.15, 0.2) is 0 Å². The Bertz CT molecular complexity index is 546. The van der Waals surface area contributed by atoms with Crippen molar-refractivity contribution >= 4 is 23.1 Å². The van der Waals surface area contributed by atoms with Gasteiger partial charge in [0, 0.05) is 17.1 Å². The summed E-state index contributed by atoms with van der Waals surface area (Å²) in [6.45, 7) is 0. The van der Waals surface area contributed by atoms with E-state index in [0.29, 0.717) is 0 Å². The molecular formula is C15H16N2S2. The van der Waals surface area contributed by atoms with Gasteiger partial charge in [0.25, 0.3) is 0 Å². The molecule has 0 radical (unpaired) electrons. The lowest BCUT2D eigenvalue weighted by molar-refractivity contribution is 0.667. The predicted molar refractivity (Wildman–Crippen MR) is 82.9 cm³/mol. The molecule has 2 heterocycles. The number of nitrogens with zero attached hydrogens (tertiary/aromatic N) is 2. The highest BCUT2D eigenvalue weighted by Gasteiger charge is 2.25. The number of rotatable bonds is 4. The molecule has 1 aliphatic heterocycles. The van der Waals surface area contributed by atoms with Crippen molar-refractivity contribution < 1.29 is 0 Å². The monoisotopic (exact) mass is 288 g/mol. The summed E-state index contributed by atoms with van der Waals surface area (Å²) in [6, 6.07) is 13.5. The third-order valence-corrected chi connectivity index (χ3v) is 4.93. The number of thiophene rings is 1. The second kappa shape index (κ2) is 5.88. The molecule has 0 fully saturated rings. The fourth-order valence-corrected chi connectivity index (χ4v) is 3.62. The van der Waals surface area contributed by atoms with Crippen molar-refractivity contribution in [1.29, 1.82) is 0 Å². The first-order chi connectivity index (χ1) is 9.36.